The molecule has 1 aromatic rings. The first-order valence-corrected chi connectivity index (χ1v) is 8.09. The lowest BCUT2D eigenvalue weighted by Gasteiger charge is -2.35. The van der Waals surface area contributed by atoms with Gasteiger partial charge in [0, 0.05) is 25.9 Å². The molecule has 7 heteroatoms. The third kappa shape index (κ3) is 4.42. The SMILES string of the molecule is COC[C@H]1OC(C)(C)N(C(=O)OC(C)(C)C)[C@@H]1Cc1ncccn1. The van der Waals surface area contributed by atoms with Crippen LogP contribution in [0.25, 0.3) is 0 Å². The molecule has 1 aliphatic rings. The van der Waals surface area contributed by atoms with Gasteiger partial charge in [-0.25, -0.2) is 14.8 Å². The smallest absolute Gasteiger partial charge is 0.412 e. The normalized spacial score (nSPS) is 23.3. The highest BCUT2D eigenvalue weighted by Crippen LogP contribution is 2.35. The van der Waals surface area contributed by atoms with Gasteiger partial charge in [-0.15, -0.1) is 0 Å². The van der Waals surface area contributed by atoms with Crippen molar-refractivity contribution in [1.82, 2.24) is 14.9 Å². The van der Waals surface area contributed by atoms with Crippen molar-refractivity contribution in [2.45, 2.75) is 64.5 Å². The van der Waals surface area contributed by atoms with Crippen molar-refractivity contribution in [3.8, 4) is 0 Å². The van der Waals surface area contributed by atoms with Gasteiger partial charge in [0.25, 0.3) is 0 Å². The molecular formula is C17H27N3O4. The Morgan fingerprint density at radius 2 is 1.96 bits per heavy atom. The van der Waals surface area contributed by atoms with Gasteiger partial charge in [0.15, 0.2) is 0 Å². The predicted octanol–water partition coefficient (Wildman–Crippen LogP) is 2.41. The zero-order valence-electron chi connectivity index (χ0n) is 15.3. The first-order valence-electron chi connectivity index (χ1n) is 8.09. The number of hydrogen-bond donors (Lipinski definition) is 0. The highest BCUT2D eigenvalue weighted by molar-refractivity contribution is 5.70. The van der Waals surface area contributed by atoms with Gasteiger partial charge in [-0.05, 0) is 40.7 Å². The Labute approximate surface area is 143 Å². The Bertz CT molecular complexity index is 557. The number of ether oxygens (including phenoxy) is 3. The average Bonchev–Trinajstić information content (AvgIpc) is 2.69. The quantitative estimate of drug-likeness (QED) is 0.840. The van der Waals surface area contributed by atoms with E-state index in [-0.39, 0.29) is 12.1 Å². The second-order valence-corrected chi connectivity index (χ2v) is 7.35. The van der Waals surface area contributed by atoms with E-state index in [9.17, 15) is 4.79 Å². The van der Waals surface area contributed by atoms with Crippen molar-refractivity contribution in [2.24, 2.45) is 0 Å². The van der Waals surface area contributed by atoms with Crippen LogP contribution in [0.15, 0.2) is 18.5 Å². The number of nitrogens with zero attached hydrogens (tertiary/aromatic N) is 3. The fourth-order valence-electron chi connectivity index (χ4n) is 2.89. The fraction of sp³-hybridized carbons (Fsp3) is 0.706. The average molecular weight is 337 g/mol. The van der Waals surface area contributed by atoms with Crippen LogP contribution in [-0.4, -0.2) is 58.1 Å². The van der Waals surface area contributed by atoms with Crippen LogP contribution < -0.4 is 0 Å². The van der Waals surface area contributed by atoms with Crippen molar-refractivity contribution >= 4 is 6.09 Å². The lowest BCUT2D eigenvalue weighted by atomic mass is 10.1. The molecule has 0 N–H and O–H groups in total. The van der Waals surface area contributed by atoms with Crippen LogP contribution in [0, 0.1) is 0 Å². The van der Waals surface area contributed by atoms with Crippen molar-refractivity contribution < 1.29 is 19.0 Å². The molecule has 134 valence electrons. The van der Waals surface area contributed by atoms with Gasteiger partial charge in [-0.1, -0.05) is 0 Å². The number of hydrogen-bond acceptors (Lipinski definition) is 6. The number of aromatic nitrogens is 2. The Hall–Kier alpha value is -1.73. The Kier molecular flexibility index (Phi) is 5.45. The van der Waals surface area contributed by atoms with Crippen LogP contribution >= 0.6 is 0 Å². The van der Waals surface area contributed by atoms with Crippen LogP contribution in [0.3, 0.4) is 0 Å². The molecule has 24 heavy (non-hydrogen) atoms. The summed E-state index contributed by atoms with van der Waals surface area (Å²) in [5.41, 5.74) is -1.38. The molecule has 0 bridgehead atoms. The van der Waals surface area contributed by atoms with Crippen LogP contribution in [0.2, 0.25) is 0 Å². The minimum absolute atomic E-state index is 0.266. The van der Waals surface area contributed by atoms with Crippen LogP contribution in [0.5, 0.6) is 0 Å². The van der Waals surface area contributed by atoms with E-state index in [1.165, 1.54) is 0 Å². The second-order valence-electron chi connectivity index (χ2n) is 7.35. The fourth-order valence-corrected chi connectivity index (χ4v) is 2.89. The molecule has 0 radical (unpaired) electrons. The Morgan fingerprint density at radius 1 is 1.33 bits per heavy atom. The number of methoxy groups -OCH3 is 1. The number of carbonyl (C=O) groups is 1. The molecule has 1 aromatic heterocycles. The minimum Gasteiger partial charge on any atom is -0.444 e. The molecule has 2 rings (SSSR count). The molecule has 2 heterocycles. The maximum atomic E-state index is 12.8. The number of carbonyl (C=O) groups excluding carboxylic acids is 1. The first-order chi connectivity index (χ1) is 11.1. The van der Waals surface area contributed by atoms with Gasteiger partial charge in [0.2, 0.25) is 0 Å². The Balaban J connectivity index is 2.29. The predicted molar refractivity (Wildman–Crippen MR) is 88.4 cm³/mol. The molecular weight excluding hydrogens is 310 g/mol. The summed E-state index contributed by atoms with van der Waals surface area (Å²) in [7, 11) is 1.61. The van der Waals surface area contributed by atoms with E-state index in [2.05, 4.69) is 9.97 Å². The van der Waals surface area contributed by atoms with E-state index in [1.807, 2.05) is 34.6 Å². The third-order valence-electron chi connectivity index (χ3n) is 3.71. The molecule has 7 nitrogen and oxygen atoms in total. The lowest BCUT2D eigenvalue weighted by Crippen LogP contribution is -2.51. The minimum atomic E-state index is -0.801. The summed E-state index contributed by atoms with van der Waals surface area (Å²) in [5, 5.41) is 0. The van der Waals surface area contributed by atoms with Crippen LogP contribution in [-0.2, 0) is 20.6 Å². The van der Waals surface area contributed by atoms with Gasteiger partial charge in [-0.3, -0.25) is 4.90 Å². The molecule has 1 amide bonds. The summed E-state index contributed by atoms with van der Waals surface area (Å²) in [6, 6.07) is 1.49. The zero-order valence-corrected chi connectivity index (χ0v) is 15.3. The monoisotopic (exact) mass is 337 g/mol. The second kappa shape index (κ2) is 7.03. The highest BCUT2D eigenvalue weighted by Gasteiger charge is 2.51. The first kappa shape index (κ1) is 18.6. The van der Waals surface area contributed by atoms with Gasteiger partial charge in [-0.2, -0.15) is 0 Å². The van der Waals surface area contributed by atoms with Gasteiger partial charge in [0.1, 0.15) is 23.3 Å². The maximum absolute atomic E-state index is 12.8. The van der Waals surface area contributed by atoms with E-state index >= 15 is 0 Å². The molecule has 0 aromatic carbocycles. The molecule has 0 aliphatic carbocycles. The summed E-state index contributed by atoms with van der Waals surface area (Å²) in [6.07, 6.45) is 3.16. The van der Waals surface area contributed by atoms with Gasteiger partial charge in [0.05, 0.1) is 12.6 Å². The topological polar surface area (TPSA) is 73.8 Å². The number of amides is 1. The maximum Gasteiger partial charge on any atom is 0.412 e. The third-order valence-corrected chi connectivity index (χ3v) is 3.71. The summed E-state index contributed by atoms with van der Waals surface area (Å²) in [5.74, 6) is 0.651. The van der Waals surface area contributed by atoms with Crippen LogP contribution in [0.4, 0.5) is 4.79 Å². The summed E-state index contributed by atoms with van der Waals surface area (Å²) in [4.78, 5) is 22.9. The molecule has 1 aliphatic heterocycles. The van der Waals surface area contributed by atoms with E-state index in [0.29, 0.717) is 18.9 Å². The summed E-state index contributed by atoms with van der Waals surface area (Å²) < 4.78 is 16.9. The molecule has 0 saturated carbocycles. The van der Waals surface area contributed by atoms with Crippen molar-refractivity contribution in [1.29, 1.82) is 0 Å². The van der Waals surface area contributed by atoms with E-state index < -0.39 is 17.4 Å². The Morgan fingerprint density at radius 3 is 2.50 bits per heavy atom. The largest absolute Gasteiger partial charge is 0.444 e. The molecule has 1 fully saturated rings. The van der Waals surface area contributed by atoms with Crippen molar-refractivity contribution in [3.63, 3.8) is 0 Å². The summed E-state index contributed by atoms with van der Waals surface area (Å²) in [6.45, 7) is 9.61. The van der Waals surface area contributed by atoms with Gasteiger partial charge >= 0.3 is 6.09 Å². The van der Waals surface area contributed by atoms with E-state index in [4.69, 9.17) is 14.2 Å². The highest BCUT2D eigenvalue weighted by atomic mass is 16.6. The van der Waals surface area contributed by atoms with Crippen molar-refractivity contribution in [2.75, 3.05) is 13.7 Å². The van der Waals surface area contributed by atoms with Crippen molar-refractivity contribution in [3.05, 3.63) is 24.3 Å². The van der Waals surface area contributed by atoms with E-state index in [1.54, 1.807) is 30.5 Å². The zero-order chi connectivity index (χ0) is 18.0. The molecule has 2 atom stereocenters. The lowest BCUT2D eigenvalue weighted by molar-refractivity contribution is -0.0894. The summed E-state index contributed by atoms with van der Waals surface area (Å²) >= 11 is 0. The molecule has 0 unspecified atom stereocenters. The van der Waals surface area contributed by atoms with Crippen LogP contribution in [0.1, 0.15) is 40.4 Å². The number of rotatable bonds is 4. The molecule has 1 saturated heterocycles. The van der Waals surface area contributed by atoms with E-state index in [0.717, 1.165) is 0 Å². The standard InChI is InChI=1S/C17H27N3O4/c1-16(2,3)24-15(21)20-12(10-14-18-8-7-9-19-14)13(11-22-6)23-17(20,4)5/h7-9,12-13H,10-11H2,1-6H3/t12-,13-/m1/s1. The van der Waals surface area contributed by atoms with Gasteiger partial charge < -0.3 is 14.2 Å². The molecule has 0 spiro atoms.